The van der Waals surface area contributed by atoms with Crippen LogP contribution in [-0.2, 0) is 26.1 Å². The van der Waals surface area contributed by atoms with Crippen LogP contribution in [0.2, 0.25) is 19.6 Å². The Balaban J connectivity index is 0.000000188. The molecule has 3 aromatic heterocycles. The van der Waals surface area contributed by atoms with Crippen LogP contribution in [0.15, 0.2) is 192 Å². The van der Waals surface area contributed by atoms with Crippen LogP contribution in [0.25, 0.3) is 100 Å². The van der Waals surface area contributed by atoms with E-state index in [1.165, 1.54) is 39.1 Å². The van der Waals surface area contributed by atoms with Gasteiger partial charge in [-0.25, -0.2) is 0 Å². The molecule has 0 unspecified atom stereocenters. The van der Waals surface area contributed by atoms with Crippen molar-refractivity contribution in [2.45, 2.75) is 105 Å². The van der Waals surface area contributed by atoms with E-state index in [9.17, 15) is 0 Å². The van der Waals surface area contributed by atoms with Gasteiger partial charge >= 0.3 is 0 Å². The number of imidazole rings is 2. The smallest absolute Gasteiger partial charge is 0.120 e. The second-order valence-electron chi connectivity index (χ2n) is 22.9. The molecule has 0 N–H and O–H groups in total. The Morgan fingerprint density at radius 3 is 1.52 bits per heavy atom. The molecule has 0 saturated heterocycles. The molecular formula is C72H70IrN4OSi-2. The molecule has 79 heavy (non-hydrogen) atoms. The monoisotopic (exact) mass is 1230 g/mol. The minimum Gasteiger partial charge on any atom is -0.501 e. The fourth-order valence-corrected chi connectivity index (χ4v) is 12.0. The molecule has 0 spiro atoms. The van der Waals surface area contributed by atoms with Gasteiger partial charge in [0, 0.05) is 47.7 Å². The van der Waals surface area contributed by atoms with Crippen LogP contribution in [0.5, 0.6) is 0 Å². The molecule has 9 aromatic carbocycles. The van der Waals surface area contributed by atoms with Gasteiger partial charge in [0.1, 0.15) is 5.58 Å². The third-order valence-corrected chi connectivity index (χ3v) is 15.8. The molecule has 12 aromatic rings. The number of hydrogen-bond acceptors (Lipinski definition) is 3. The van der Waals surface area contributed by atoms with Crippen molar-refractivity contribution in [3.63, 3.8) is 0 Å². The number of rotatable bonds is 12. The third kappa shape index (κ3) is 10.9. The van der Waals surface area contributed by atoms with Crippen molar-refractivity contribution in [1.29, 1.82) is 0 Å². The minimum atomic E-state index is -2.12. The van der Waals surface area contributed by atoms with Crippen molar-refractivity contribution >= 4 is 52.1 Å². The van der Waals surface area contributed by atoms with E-state index in [0.29, 0.717) is 0 Å². The van der Waals surface area contributed by atoms with Gasteiger partial charge in [-0.2, -0.15) is 0 Å². The fraction of sp³-hybridized carbons (Fsp3) is 0.222. The summed E-state index contributed by atoms with van der Waals surface area (Å²) in [6, 6.07) is 72.4. The Hall–Kier alpha value is -7.41. The van der Waals surface area contributed by atoms with E-state index in [4.69, 9.17) is 17.1 Å². The van der Waals surface area contributed by atoms with Gasteiger partial charge < -0.3 is 13.6 Å². The fourth-order valence-electron chi connectivity index (χ4n) is 11.0. The summed E-state index contributed by atoms with van der Waals surface area (Å²) in [5.74, 6) is 1.37. The van der Waals surface area contributed by atoms with Gasteiger partial charge in [-0.3, -0.25) is 9.97 Å². The molecule has 0 aliphatic heterocycles. The number of hydrogen-bond donors (Lipinski definition) is 0. The molecule has 0 atom stereocenters. The summed E-state index contributed by atoms with van der Waals surface area (Å²) in [5.41, 5.74) is 20.4. The van der Waals surface area contributed by atoms with E-state index in [0.717, 1.165) is 89.2 Å². The van der Waals surface area contributed by atoms with E-state index < -0.39 is 14.1 Å². The van der Waals surface area contributed by atoms with Crippen LogP contribution in [0, 0.1) is 12.1 Å². The summed E-state index contributed by atoms with van der Waals surface area (Å²) in [6.45, 7) is 24.3. The Morgan fingerprint density at radius 2 is 0.962 bits per heavy atom. The molecule has 0 amide bonds. The first-order valence-corrected chi connectivity index (χ1v) is 31.2. The Bertz CT molecular complexity index is 4150. The molecule has 1 radical (unpaired) electrons. The number of nitrogens with zero attached hydrogens (tertiary/aromatic N) is 4. The molecule has 12 rings (SSSR count). The average Bonchev–Trinajstić information content (AvgIpc) is 4.31. The number of furan rings is 1. The molecule has 0 saturated carbocycles. The standard InChI is InChI=1S/C43H35N2O.C29H35N2Si.Ir/c1-27(2)36-25-32(31-23-21-30(22-24-31)29-13-6-5-7-14-29)26-37(28(3)4)41(36)45-39-19-10-9-18-38(39)44-43(45)35-17-12-16-34-33-15-8-11-20-40(33)46-42(34)35;1-20(2)24-17-22(19-32(5,6)7)18-25(21(3)4)28(24)31-27-16-12-11-15-26(27)30-29(31)23-13-9-8-10-14-23;/h5-16,18-28H,1-4H3;8-13,15-18,20-21H,19H2,1-7H3;/q2*-1;/i;19D2;. The maximum atomic E-state index is 9.05. The minimum absolute atomic E-state index is 0. The molecule has 7 heteroatoms. The summed E-state index contributed by atoms with van der Waals surface area (Å²) < 4.78 is 29.3. The Kier molecular flexibility index (Phi) is 15.1. The number of fused-ring (bicyclic) bond motifs is 5. The van der Waals surface area contributed by atoms with Gasteiger partial charge in [-0.15, -0.1) is 54.1 Å². The largest absolute Gasteiger partial charge is 0.501 e. The third-order valence-electron chi connectivity index (χ3n) is 14.8. The summed E-state index contributed by atoms with van der Waals surface area (Å²) in [6.07, 6.45) is 0. The van der Waals surface area contributed by atoms with Gasteiger partial charge in [0.25, 0.3) is 0 Å². The molecule has 5 nitrogen and oxygen atoms in total. The molecule has 0 aliphatic rings. The Morgan fingerprint density at radius 1 is 0.481 bits per heavy atom. The summed E-state index contributed by atoms with van der Waals surface area (Å²) >= 11 is 0. The maximum absolute atomic E-state index is 9.05. The van der Waals surface area contributed by atoms with Crippen LogP contribution in [0.1, 0.15) is 110 Å². The van der Waals surface area contributed by atoms with E-state index >= 15 is 0 Å². The quantitative estimate of drug-likeness (QED) is 0.0905. The summed E-state index contributed by atoms with van der Waals surface area (Å²) in [7, 11) is -2.12. The van der Waals surface area contributed by atoms with Crippen molar-refractivity contribution in [2.24, 2.45) is 0 Å². The van der Waals surface area contributed by atoms with E-state index in [2.05, 4.69) is 242 Å². The molecule has 3 heterocycles. The van der Waals surface area contributed by atoms with Crippen LogP contribution in [-0.4, -0.2) is 27.2 Å². The van der Waals surface area contributed by atoms with Crippen LogP contribution >= 0.6 is 0 Å². The predicted molar refractivity (Wildman–Crippen MR) is 332 cm³/mol. The number of benzene rings is 9. The second kappa shape index (κ2) is 22.7. The molecular weight excluding hydrogens is 1160 g/mol. The van der Waals surface area contributed by atoms with Gasteiger partial charge in [0.05, 0.1) is 39.3 Å². The Labute approximate surface area is 484 Å². The van der Waals surface area contributed by atoms with Gasteiger partial charge in [0.15, 0.2) is 0 Å². The second-order valence-corrected chi connectivity index (χ2v) is 27.7. The van der Waals surface area contributed by atoms with Gasteiger partial charge in [-0.05, 0) is 122 Å². The SMILES string of the molecule is CC(C)c1cc(-c2ccc(-c3ccccc3)cc2)cc(C(C)C)c1-n1c(-c2[c-]ccc3c2oc2ccccc23)nc2ccccc21.[2H]C([2H])(c1cc(C(C)C)c(-n2c(-c3[c-]cccc3)nc3ccccc32)c(C(C)C)c1)[Si](C)(C)C.[Ir]. The van der Waals surface area contributed by atoms with Crippen molar-refractivity contribution in [3.8, 4) is 56.4 Å². The molecule has 0 aliphatic carbocycles. The number of para-hydroxylation sites is 5. The van der Waals surface area contributed by atoms with Gasteiger partial charge in [-0.1, -0.05) is 195 Å². The van der Waals surface area contributed by atoms with Crippen molar-refractivity contribution < 1.29 is 27.3 Å². The molecule has 399 valence electrons. The van der Waals surface area contributed by atoms with E-state index in [1.807, 2.05) is 42.5 Å². The first-order valence-electron chi connectivity index (χ1n) is 28.7. The zero-order chi connectivity index (χ0) is 56.2. The van der Waals surface area contributed by atoms with Crippen LogP contribution < -0.4 is 0 Å². The molecule has 0 bridgehead atoms. The normalized spacial score (nSPS) is 12.4. The predicted octanol–water partition coefficient (Wildman–Crippen LogP) is 20.1. The first kappa shape index (κ1) is 52.3. The maximum Gasteiger partial charge on any atom is 0.120 e. The number of aromatic nitrogens is 4. The first-order chi connectivity index (χ1) is 38.4. The topological polar surface area (TPSA) is 48.8 Å². The average molecular weight is 1230 g/mol. The zero-order valence-electron chi connectivity index (χ0n) is 49.2. The zero-order valence-corrected chi connectivity index (χ0v) is 50.6. The molecule has 0 fully saturated rings. The van der Waals surface area contributed by atoms with Crippen LogP contribution in [0.4, 0.5) is 0 Å². The summed E-state index contributed by atoms with van der Waals surface area (Å²) in [5, 5.41) is 2.18. The van der Waals surface area contributed by atoms with Crippen molar-refractivity contribution in [2.75, 3.05) is 0 Å². The van der Waals surface area contributed by atoms with Crippen molar-refractivity contribution in [1.82, 2.24) is 19.1 Å². The van der Waals surface area contributed by atoms with Crippen molar-refractivity contribution in [3.05, 3.63) is 228 Å². The van der Waals surface area contributed by atoms with E-state index in [1.54, 1.807) is 0 Å². The van der Waals surface area contributed by atoms with Gasteiger partial charge in [0.2, 0.25) is 0 Å². The van der Waals surface area contributed by atoms with Crippen LogP contribution in [0.3, 0.4) is 0 Å². The summed E-state index contributed by atoms with van der Waals surface area (Å²) in [4.78, 5) is 10.3. The van der Waals surface area contributed by atoms with E-state index in [-0.39, 0.29) is 43.8 Å².